The molecule has 0 atom stereocenters. The largest absolute Gasteiger partial charge is 0.298 e. The molecule has 2 rings (SSSR count). The summed E-state index contributed by atoms with van der Waals surface area (Å²) >= 11 is 5.01. The lowest BCUT2D eigenvalue weighted by Crippen LogP contribution is -2.53. The summed E-state index contributed by atoms with van der Waals surface area (Å²) in [4.78, 5) is 25.7. The van der Waals surface area contributed by atoms with Crippen molar-refractivity contribution in [2.24, 2.45) is 0 Å². The molecule has 0 aromatic heterocycles. The van der Waals surface area contributed by atoms with Gasteiger partial charge in [-0.1, -0.05) is 24.3 Å². The van der Waals surface area contributed by atoms with Crippen molar-refractivity contribution in [3.05, 3.63) is 53.1 Å². The molecular formula is C16H16N2O2S. The van der Waals surface area contributed by atoms with E-state index in [2.05, 4.69) is 11.9 Å². The first-order chi connectivity index (χ1) is 9.95. The minimum atomic E-state index is -0.466. The summed E-state index contributed by atoms with van der Waals surface area (Å²) in [5, 5.41) is 2.64. The van der Waals surface area contributed by atoms with Gasteiger partial charge in [0.15, 0.2) is 5.11 Å². The van der Waals surface area contributed by atoms with Gasteiger partial charge in [-0.05, 0) is 48.8 Å². The Labute approximate surface area is 129 Å². The zero-order valence-corrected chi connectivity index (χ0v) is 12.8. The van der Waals surface area contributed by atoms with Crippen molar-refractivity contribution in [1.82, 2.24) is 10.2 Å². The number of amides is 2. The Balaban J connectivity index is 2.45. The summed E-state index contributed by atoms with van der Waals surface area (Å²) < 4.78 is 0. The average molecular weight is 300 g/mol. The Hall–Kier alpha value is -2.27. The number of hydrogen-bond donors (Lipinski definition) is 1. The highest BCUT2D eigenvalue weighted by Gasteiger charge is 2.32. The van der Waals surface area contributed by atoms with Gasteiger partial charge in [0.05, 0.1) is 0 Å². The Kier molecular flexibility index (Phi) is 4.33. The molecule has 0 aliphatic carbocycles. The van der Waals surface area contributed by atoms with Crippen LogP contribution in [0.1, 0.15) is 16.7 Å². The predicted octanol–water partition coefficient (Wildman–Crippen LogP) is 2.12. The highest BCUT2D eigenvalue weighted by atomic mass is 32.1. The molecule has 1 saturated heterocycles. The number of carbonyl (C=O) groups is 2. The van der Waals surface area contributed by atoms with Crippen LogP contribution >= 0.6 is 12.2 Å². The van der Waals surface area contributed by atoms with Crippen molar-refractivity contribution in [3.8, 4) is 0 Å². The molecule has 0 radical (unpaired) electrons. The van der Waals surface area contributed by atoms with Gasteiger partial charge in [0.1, 0.15) is 5.57 Å². The van der Waals surface area contributed by atoms with Gasteiger partial charge < -0.3 is 0 Å². The van der Waals surface area contributed by atoms with Crippen LogP contribution in [0.15, 0.2) is 36.4 Å². The van der Waals surface area contributed by atoms with Crippen LogP contribution in [0.3, 0.4) is 0 Å². The third kappa shape index (κ3) is 2.92. The van der Waals surface area contributed by atoms with Gasteiger partial charge in [-0.3, -0.25) is 19.8 Å². The van der Waals surface area contributed by atoms with Crippen molar-refractivity contribution in [2.45, 2.75) is 13.8 Å². The molecule has 0 bridgehead atoms. The van der Waals surface area contributed by atoms with Crippen LogP contribution in [0.5, 0.6) is 0 Å². The van der Waals surface area contributed by atoms with Crippen LogP contribution < -0.4 is 5.32 Å². The normalized spacial score (nSPS) is 17.1. The number of hydrogen-bond acceptors (Lipinski definition) is 3. The molecule has 21 heavy (non-hydrogen) atoms. The van der Waals surface area contributed by atoms with E-state index in [1.807, 2.05) is 32.0 Å². The maximum atomic E-state index is 12.4. The molecular weight excluding hydrogens is 284 g/mol. The maximum Gasteiger partial charge on any atom is 0.265 e. The van der Waals surface area contributed by atoms with E-state index in [1.165, 1.54) is 4.90 Å². The fraction of sp³-hybridized carbons (Fsp3) is 0.188. The first kappa shape index (κ1) is 15.1. The van der Waals surface area contributed by atoms with Crippen molar-refractivity contribution >= 4 is 35.2 Å². The van der Waals surface area contributed by atoms with E-state index in [0.29, 0.717) is 0 Å². The van der Waals surface area contributed by atoms with E-state index < -0.39 is 11.8 Å². The zero-order valence-electron chi connectivity index (χ0n) is 12.0. The van der Waals surface area contributed by atoms with E-state index in [-0.39, 0.29) is 17.2 Å². The van der Waals surface area contributed by atoms with Gasteiger partial charge in [-0.2, -0.15) is 0 Å². The van der Waals surface area contributed by atoms with Gasteiger partial charge in [-0.25, -0.2) is 0 Å². The third-order valence-electron chi connectivity index (χ3n) is 3.44. The molecule has 1 aliphatic heterocycles. The summed E-state index contributed by atoms with van der Waals surface area (Å²) in [6, 6.07) is 5.76. The summed E-state index contributed by atoms with van der Waals surface area (Å²) in [7, 11) is 0. The second-order valence-electron chi connectivity index (χ2n) is 4.81. The van der Waals surface area contributed by atoms with E-state index >= 15 is 0 Å². The van der Waals surface area contributed by atoms with Crippen molar-refractivity contribution < 1.29 is 9.59 Å². The topological polar surface area (TPSA) is 49.4 Å². The molecule has 5 heteroatoms. The molecule has 1 aromatic carbocycles. The highest BCUT2D eigenvalue weighted by molar-refractivity contribution is 7.80. The monoisotopic (exact) mass is 300 g/mol. The molecule has 0 unspecified atom stereocenters. The van der Waals surface area contributed by atoms with Crippen molar-refractivity contribution in [2.75, 3.05) is 6.54 Å². The summed E-state index contributed by atoms with van der Waals surface area (Å²) in [5.74, 6) is -0.865. The number of carbonyl (C=O) groups excluding carboxylic acids is 2. The predicted molar refractivity (Wildman–Crippen MR) is 86.5 cm³/mol. The van der Waals surface area contributed by atoms with Crippen LogP contribution in [-0.4, -0.2) is 28.4 Å². The number of thiocarbonyl (C=S) groups is 1. The van der Waals surface area contributed by atoms with E-state index in [4.69, 9.17) is 12.2 Å². The summed E-state index contributed by atoms with van der Waals surface area (Å²) in [6.07, 6.45) is 3.18. The van der Waals surface area contributed by atoms with Crippen molar-refractivity contribution in [1.29, 1.82) is 0 Å². The Morgan fingerprint density at radius 2 is 2.05 bits per heavy atom. The Bertz CT molecular complexity index is 677. The van der Waals surface area contributed by atoms with Gasteiger partial charge in [-0.15, -0.1) is 6.58 Å². The Morgan fingerprint density at radius 1 is 1.33 bits per heavy atom. The van der Waals surface area contributed by atoms with Gasteiger partial charge >= 0.3 is 0 Å². The SMILES string of the molecule is C=CCN1C(=O)/C(=C/c2cccc(C)c2C)C(=O)NC1=S. The van der Waals surface area contributed by atoms with Crippen LogP contribution in [0, 0.1) is 13.8 Å². The number of nitrogens with zero attached hydrogens (tertiary/aromatic N) is 1. The molecule has 1 aromatic rings. The lowest BCUT2D eigenvalue weighted by Gasteiger charge is -2.27. The van der Waals surface area contributed by atoms with E-state index in [1.54, 1.807) is 12.2 Å². The second kappa shape index (κ2) is 6.01. The molecule has 2 amide bonds. The zero-order chi connectivity index (χ0) is 15.6. The molecule has 1 N–H and O–H groups in total. The highest BCUT2D eigenvalue weighted by Crippen LogP contribution is 2.19. The number of rotatable bonds is 3. The summed E-state index contributed by atoms with van der Waals surface area (Å²) in [5.41, 5.74) is 3.07. The minimum Gasteiger partial charge on any atom is -0.298 e. The van der Waals surface area contributed by atoms with Gasteiger partial charge in [0.2, 0.25) is 0 Å². The molecule has 108 valence electrons. The van der Waals surface area contributed by atoms with Crippen LogP contribution in [0.25, 0.3) is 6.08 Å². The quantitative estimate of drug-likeness (QED) is 0.402. The van der Waals surface area contributed by atoms with Crippen LogP contribution in [0.4, 0.5) is 0 Å². The second-order valence-corrected chi connectivity index (χ2v) is 5.20. The standard InChI is InChI=1S/C16H16N2O2S/c1-4-8-18-15(20)13(14(19)17-16(18)21)9-12-7-5-6-10(2)11(12)3/h4-7,9H,1,8H2,2-3H3,(H,17,19,21)/b13-9+. The molecule has 0 saturated carbocycles. The number of benzene rings is 1. The van der Waals surface area contributed by atoms with E-state index in [0.717, 1.165) is 16.7 Å². The van der Waals surface area contributed by atoms with Crippen molar-refractivity contribution in [3.63, 3.8) is 0 Å². The van der Waals surface area contributed by atoms with E-state index in [9.17, 15) is 9.59 Å². The fourth-order valence-electron chi connectivity index (χ4n) is 2.07. The number of aryl methyl sites for hydroxylation is 1. The molecule has 1 aliphatic rings. The van der Waals surface area contributed by atoms with Gasteiger partial charge in [0.25, 0.3) is 11.8 Å². The van der Waals surface area contributed by atoms with Crippen LogP contribution in [-0.2, 0) is 9.59 Å². The molecule has 1 heterocycles. The first-order valence-corrected chi connectivity index (χ1v) is 6.92. The first-order valence-electron chi connectivity index (χ1n) is 6.51. The summed E-state index contributed by atoms with van der Waals surface area (Å²) in [6.45, 7) is 7.80. The lowest BCUT2D eigenvalue weighted by atomic mass is 10.00. The van der Waals surface area contributed by atoms with Crippen LogP contribution in [0.2, 0.25) is 0 Å². The minimum absolute atomic E-state index is 0.0825. The van der Waals surface area contributed by atoms with Gasteiger partial charge in [0, 0.05) is 6.54 Å². The molecule has 1 fully saturated rings. The fourth-order valence-corrected chi connectivity index (χ4v) is 2.32. The molecule has 4 nitrogen and oxygen atoms in total. The lowest BCUT2D eigenvalue weighted by molar-refractivity contribution is -0.128. The molecule has 0 spiro atoms. The third-order valence-corrected chi connectivity index (χ3v) is 3.77. The number of nitrogens with one attached hydrogen (secondary N) is 1. The Morgan fingerprint density at radius 3 is 2.71 bits per heavy atom. The smallest absolute Gasteiger partial charge is 0.265 e. The average Bonchev–Trinajstić information content (AvgIpc) is 2.44. The maximum absolute atomic E-state index is 12.4.